The van der Waals surface area contributed by atoms with Crippen molar-refractivity contribution in [2.24, 2.45) is 4.99 Å². The van der Waals surface area contributed by atoms with Crippen LogP contribution in [0.5, 0.6) is 0 Å². The topological polar surface area (TPSA) is 49.7 Å². The van der Waals surface area contributed by atoms with Gasteiger partial charge in [-0.25, -0.2) is 9.79 Å². The lowest BCUT2D eigenvalue weighted by Crippen LogP contribution is -2.24. The molecule has 1 amide bonds. The monoisotopic (exact) mass is 236 g/mol. The Kier molecular flexibility index (Phi) is 3.04. The number of anilines is 1. The van der Waals surface area contributed by atoms with Gasteiger partial charge in [-0.3, -0.25) is 4.79 Å². The first-order valence-electron chi connectivity index (χ1n) is 4.83. The fraction of sp³-hybridized carbons (Fsp3) is 0.273. The molecule has 0 aliphatic carbocycles. The van der Waals surface area contributed by atoms with Gasteiger partial charge >= 0.3 is 0 Å². The van der Waals surface area contributed by atoms with E-state index < -0.39 is 0 Å². The van der Waals surface area contributed by atoms with Crippen molar-refractivity contribution in [1.82, 2.24) is 0 Å². The first kappa shape index (κ1) is 10.9. The average molecular weight is 237 g/mol. The van der Waals surface area contributed by atoms with Gasteiger partial charge in [0.1, 0.15) is 0 Å². The maximum absolute atomic E-state index is 11.7. The highest BCUT2D eigenvalue weighted by Crippen LogP contribution is 2.25. The molecule has 4 nitrogen and oxygen atoms in total. The van der Waals surface area contributed by atoms with Gasteiger partial charge in [-0.05, 0) is 18.2 Å². The zero-order chi connectivity index (χ0) is 11.5. The van der Waals surface area contributed by atoms with E-state index in [1.54, 1.807) is 29.2 Å². The van der Waals surface area contributed by atoms with Crippen molar-refractivity contribution in [3.05, 3.63) is 29.3 Å². The highest BCUT2D eigenvalue weighted by molar-refractivity contribution is 6.30. The van der Waals surface area contributed by atoms with E-state index in [1.807, 2.05) is 0 Å². The molecule has 1 heterocycles. The summed E-state index contributed by atoms with van der Waals surface area (Å²) in [4.78, 5) is 26.9. The molecule has 16 heavy (non-hydrogen) atoms. The third-order valence-electron chi connectivity index (χ3n) is 2.46. The van der Waals surface area contributed by atoms with Crippen molar-refractivity contribution >= 4 is 29.3 Å². The molecule has 0 saturated carbocycles. The van der Waals surface area contributed by atoms with E-state index in [1.165, 1.54) is 6.08 Å². The van der Waals surface area contributed by atoms with Gasteiger partial charge < -0.3 is 4.90 Å². The first-order valence-corrected chi connectivity index (χ1v) is 5.21. The maximum atomic E-state index is 11.7. The lowest BCUT2D eigenvalue weighted by molar-refractivity contribution is -0.117. The molecule has 1 aromatic carbocycles. The fourth-order valence-corrected chi connectivity index (χ4v) is 1.93. The molecular formula is C11H9ClN2O2. The van der Waals surface area contributed by atoms with E-state index >= 15 is 0 Å². The number of amides is 1. The van der Waals surface area contributed by atoms with Crippen molar-refractivity contribution in [1.29, 1.82) is 0 Å². The zero-order valence-corrected chi connectivity index (χ0v) is 9.15. The van der Waals surface area contributed by atoms with Gasteiger partial charge in [0, 0.05) is 17.3 Å². The number of isocyanates is 1. The Balaban J connectivity index is 2.23. The molecule has 0 radical (unpaired) electrons. The molecule has 1 aromatic rings. The minimum Gasteiger partial charge on any atom is -0.310 e. The van der Waals surface area contributed by atoms with Gasteiger partial charge in [0.15, 0.2) is 0 Å². The molecule has 2 rings (SSSR count). The number of benzene rings is 1. The van der Waals surface area contributed by atoms with E-state index in [4.69, 9.17) is 11.6 Å². The summed E-state index contributed by atoms with van der Waals surface area (Å²) in [7, 11) is 0. The molecule has 0 spiro atoms. The van der Waals surface area contributed by atoms with Crippen molar-refractivity contribution in [2.45, 2.75) is 12.5 Å². The maximum Gasteiger partial charge on any atom is 0.235 e. The van der Waals surface area contributed by atoms with E-state index in [2.05, 4.69) is 4.99 Å². The van der Waals surface area contributed by atoms with Crippen LogP contribution in [-0.2, 0) is 9.59 Å². The van der Waals surface area contributed by atoms with Crippen molar-refractivity contribution in [3.63, 3.8) is 0 Å². The number of hydrogen-bond acceptors (Lipinski definition) is 3. The number of hydrogen-bond donors (Lipinski definition) is 0. The van der Waals surface area contributed by atoms with Crippen LogP contribution < -0.4 is 4.90 Å². The van der Waals surface area contributed by atoms with Crippen LogP contribution in [0.3, 0.4) is 0 Å². The summed E-state index contributed by atoms with van der Waals surface area (Å²) in [5.41, 5.74) is 0.737. The Morgan fingerprint density at radius 1 is 1.50 bits per heavy atom. The standard InChI is InChI=1S/C11H9ClN2O2/c12-8-2-1-3-10(4-8)14-6-9(13-7-15)5-11(14)16/h1-4,9H,5-6H2. The Bertz CT molecular complexity index is 469. The molecule has 1 fully saturated rings. The highest BCUT2D eigenvalue weighted by atomic mass is 35.5. The molecule has 1 aliphatic rings. The summed E-state index contributed by atoms with van der Waals surface area (Å²) in [6.07, 6.45) is 1.74. The predicted octanol–water partition coefficient (Wildman–Crippen LogP) is 1.78. The smallest absolute Gasteiger partial charge is 0.235 e. The Morgan fingerprint density at radius 2 is 2.31 bits per heavy atom. The number of nitrogens with zero attached hydrogens (tertiary/aromatic N) is 2. The van der Waals surface area contributed by atoms with Gasteiger partial charge in [0.25, 0.3) is 0 Å². The van der Waals surface area contributed by atoms with Crippen LogP contribution in [0.2, 0.25) is 5.02 Å². The molecule has 0 aromatic heterocycles. The Labute approximate surface area is 97.5 Å². The molecule has 82 valence electrons. The minimum atomic E-state index is -0.288. The van der Waals surface area contributed by atoms with Crippen LogP contribution in [0, 0.1) is 0 Å². The lowest BCUT2D eigenvalue weighted by atomic mass is 10.3. The lowest BCUT2D eigenvalue weighted by Gasteiger charge is -2.15. The molecular weight excluding hydrogens is 228 g/mol. The third kappa shape index (κ3) is 2.13. The van der Waals surface area contributed by atoms with E-state index in [-0.39, 0.29) is 18.4 Å². The van der Waals surface area contributed by atoms with Gasteiger partial charge in [-0.1, -0.05) is 17.7 Å². The molecule has 1 atom stereocenters. The second kappa shape index (κ2) is 4.47. The summed E-state index contributed by atoms with van der Waals surface area (Å²) in [6, 6.07) is 6.75. The molecule has 0 N–H and O–H groups in total. The molecule has 1 saturated heterocycles. The second-order valence-electron chi connectivity index (χ2n) is 3.56. The van der Waals surface area contributed by atoms with Gasteiger partial charge in [-0.2, -0.15) is 0 Å². The summed E-state index contributed by atoms with van der Waals surface area (Å²) < 4.78 is 0. The highest BCUT2D eigenvalue weighted by Gasteiger charge is 2.30. The molecule has 0 bridgehead atoms. The largest absolute Gasteiger partial charge is 0.310 e. The van der Waals surface area contributed by atoms with Gasteiger partial charge in [0.05, 0.1) is 12.5 Å². The zero-order valence-electron chi connectivity index (χ0n) is 8.39. The Morgan fingerprint density at radius 3 is 3.00 bits per heavy atom. The van der Waals surface area contributed by atoms with Gasteiger partial charge in [0.2, 0.25) is 12.0 Å². The van der Waals surface area contributed by atoms with Crippen molar-refractivity contribution in [3.8, 4) is 0 Å². The van der Waals surface area contributed by atoms with Crippen LogP contribution in [0.1, 0.15) is 6.42 Å². The van der Waals surface area contributed by atoms with Crippen molar-refractivity contribution < 1.29 is 9.59 Å². The van der Waals surface area contributed by atoms with Crippen LogP contribution in [0.4, 0.5) is 5.69 Å². The van der Waals surface area contributed by atoms with Gasteiger partial charge in [-0.15, -0.1) is 0 Å². The minimum absolute atomic E-state index is 0.0498. The van der Waals surface area contributed by atoms with Crippen molar-refractivity contribution in [2.75, 3.05) is 11.4 Å². The molecule has 1 unspecified atom stereocenters. The number of aliphatic imine (C=N–C) groups is 1. The summed E-state index contributed by atoms with van der Waals surface area (Å²) in [5.74, 6) is -0.0498. The quantitative estimate of drug-likeness (QED) is 0.581. The number of halogens is 1. The SMILES string of the molecule is O=C=NC1CC(=O)N(c2cccc(Cl)c2)C1. The van der Waals surface area contributed by atoms with Crippen LogP contribution in [0.25, 0.3) is 0 Å². The van der Waals surface area contributed by atoms with Crippen LogP contribution in [-0.4, -0.2) is 24.6 Å². The normalized spacial score (nSPS) is 19.7. The number of carbonyl (C=O) groups excluding carboxylic acids is 2. The summed E-state index contributed by atoms with van der Waals surface area (Å²) in [5, 5.41) is 0.577. The number of rotatable bonds is 2. The van der Waals surface area contributed by atoms with Crippen LogP contribution in [0.15, 0.2) is 29.3 Å². The van der Waals surface area contributed by atoms with E-state index in [9.17, 15) is 9.59 Å². The Hall–Kier alpha value is -1.64. The van der Waals surface area contributed by atoms with E-state index in [0.29, 0.717) is 11.6 Å². The average Bonchev–Trinajstić information content (AvgIpc) is 2.60. The molecule has 1 aliphatic heterocycles. The van der Waals surface area contributed by atoms with E-state index in [0.717, 1.165) is 5.69 Å². The number of carbonyl (C=O) groups is 1. The predicted molar refractivity (Wildman–Crippen MR) is 60.3 cm³/mol. The summed E-state index contributed by atoms with van der Waals surface area (Å²) in [6.45, 7) is 0.411. The van der Waals surface area contributed by atoms with Crippen LogP contribution >= 0.6 is 11.6 Å². The molecule has 5 heteroatoms. The summed E-state index contributed by atoms with van der Waals surface area (Å²) >= 11 is 5.84. The second-order valence-corrected chi connectivity index (χ2v) is 4.00. The third-order valence-corrected chi connectivity index (χ3v) is 2.69. The first-order chi connectivity index (χ1) is 7.70. The fourth-order valence-electron chi connectivity index (χ4n) is 1.74.